The summed E-state index contributed by atoms with van der Waals surface area (Å²) in [4.78, 5) is 15.0. The van der Waals surface area contributed by atoms with E-state index in [2.05, 4.69) is 36.9 Å². The van der Waals surface area contributed by atoms with Crippen LogP contribution in [0, 0.1) is 5.92 Å². The summed E-state index contributed by atoms with van der Waals surface area (Å²) in [5, 5.41) is 0. The van der Waals surface area contributed by atoms with Gasteiger partial charge in [-0.3, -0.25) is 4.79 Å². The van der Waals surface area contributed by atoms with E-state index in [0.717, 1.165) is 31.0 Å². The van der Waals surface area contributed by atoms with Crippen LogP contribution in [0.3, 0.4) is 0 Å². The number of thiol groups is 1. The summed E-state index contributed by atoms with van der Waals surface area (Å²) in [7, 11) is 0. The Morgan fingerprint density at radius 3 is 2.78 bits per heavy atom. The number of hydrogen-bond donors (Lipinski definition) is 1. The molecule has 98 valence electrons. The van der Waals surface area contributed by atoms with Crippen molar-refractivity contribution < 1.29 is 4.79 Å². The van der Waals surface area contributed by atoms with Crippen LogP contribution in [0.25, 0.3) is 0 Å². The minimum atomic E-state index is 0.304. The van der Waals surface area contributed by atoms with Gasteiger partial charge in [0.25, 0.3) is 0 Å². The summed E-state index contributed by atoms with van der Waals surface area (Å²) in [6.07, 6.45) is 1.75. The van der Waals surface area contributed by atoms with Crippen molar-refractivity contribution in [1.29, 1.82) is 0 Å². The molecule has 1 heterocycles. The number of rotatable bonds is 6. The molecule has 1 aromatic carbocycles. The molecule has 2 rings (SSSR count). The van der Waals surface area contributed by atoms with Crippen molar-refractivity contribution in [3.05, 3.63) is 30.3 Å². The van der Waals surface area contributed by atoms with E-state index >= 15 is 0 Å². The van der Waals surface area contributed by atoms with Gasteiger partial charge in [-0.05, 0) is 36.0 Å². The first-order chi connectivity index (χ1) is 8.79. The van der Waals surface area contributed by atoms with E-state index < -0.39 is 0 Å². The van der Waals surface area contributed by atoms with E-state index in [9.17, 15) is 4.79 Å². The van der Waals surface area contributed by atoms with Gasteiger partial charge in [-0.1, -0.05) is 18.2 Å². The fraction of sp³-hybridized carbons (Fsp3) is 0.500. The predicted octanol–water partition coefficient (Wildman–Crippen LogP) is 2.95. The molecule has 1 aliphatic rings. The fourth-order valence-electron chi connectivity index (χ4n) is 2.15. The number of nitrogens with zero attached hydrogens (tertiary/aromatic N) is 1. The summed E-state index contributed by atoms with van der Waals surface area (Å²) >= 11 is 6.13. The average Bonchev–Trinajstić information content (AvgIpc) is 2.77. The topological polar surface area (TPSA) is 20.3 Å². The first-order valence-electron chi connectivity index (χ1n) is 6.36. The van der Waals surface area contributed by atoms with Gasteiger partial charge in [0.2, 0.25) is 5.91 Å². The summed E-state index contributed by atoms with van der Waals surface area (Å²) in [5.74, 6) is 2.65. The van der Waals surface area contributed by atoms with Crippen LogP contribution in [-0.4, -0.2) is 35.4 Å². The molecule has 1 aromatic rings. The molecule has 0 saturated carbocycles. The van der Waals surface area contributed by atoms with Crippen molar-refractivity contribution in [2.75, 3.05) is 24.6 Å². The minimum absolute atomic E-state index is 0.304. The Hall–Kier alpha value is -0.610. The number of benzene rings is 1. The number of hydrogen-bond acceptors (Lipinski definition) is 3. The lowest BCUT2D eigenvalue weighted by Gasteiger charge is -2.15. The normalized spacial score (nSPS) is 19.5. The van der Waals surface area contributed by atoms with Crippen LogP contribution in [0.4, 0.5) is 0 Å². The molecule has 1 unspecified atom stereocenters. The zero-order chi connectivity index (χ0) is 12.8. The Morgan fingerprint density at radius 1 is 1.33 bits per heavy atom. The van der Waals surface area contributed by atoms with Crippen molar-refractivity contribution in [2.24, 2.45) is 5.92 Å². The molecule has 0 bridgehead atoms. The second kappa shape index (κ2) is 7.10. The molecule has 1 fully saturated rings. The molecule has 1 aliphatic heterocycles. The van der Waals surface area contributed by atoms with Gasteiger partial charge in [-0.25, -0.2) is 0 Å². The largest absolute Gasteiger partial charge is 0.342 e. The zero-order valence-electron chi connectivity index (χ0n) is 10.4. The van der Waals surface area contributed by atoms with E-state index in [0.29, 0.717) is 18.2 Å². The zero-order valence-corrected chi connectivity index (χ0v) is 12.1. The lowest BCUT2D eigenvalue weighted by atomic mass is 10.1. The van der Waals surface area contributed by atoms with Gasteiger partial charge >= 0.3 is 0 Å². The first-order valence-corrected chi connectivity index (χ1v) is 7.98. The molecule has 0 aromatic heterocycles. The Labute approximate surface area is 119 Å². The monoisotopic (exact) mass is 281 g/mol. The molecule has 2 nitrogen and oxygen atoms in total. The molecule has 0 N–H and O–H groups in total. The van der Waals surface area contributed by atoms with Gasteiger partial charge in [-0.2, -0.15) is 12.6 Å². The Bertz CT molecular complexity index is 383. The van der Waals surface area contributed by atoms with Crippen molar-refractivity contribution in [1.82, 2.24) is 4.90 Å². The van der Waals surface area contributed by atoms with Crippen LogP contribution in [0.2, 0.25) is 0 Å². The highest BCUT2D eigenvalue weighted by Gasteiger charge is 2.27. The molecule has 4 heteroatoms. The van der Waals surface area contributed by atoms with Crippen LogP contribution in [0.5, 0.6) is 0 Å². The first kappa shape index (κ1) is 13.8. The quantitative estimate of drug-likeness (QED) is 0.491. The molecule has 18 heavy (non-hydrogen) atoms. The highest BCUT2D eigenvalue weighted by Crippen LogP contribution is 2.21. The van der Waals surface area contributed by atoms with Crippen LogP contribution in [0.15, 0.2) is 35.2 Å². The molecule has 0 radical (unpaired) electrons. The predicted molar refractivity (Wildman–Crippen MR) is 80.3 cm³/mol. The average molecular weight is 281 g/mol. The Morgan fingerprint density at radius 2 is 2.11 bits per heavy atom. The third-order valence-corrected chi connectivity index (χ3v) is 4.75. The second-order valence-corrected chi connectivity index (χ2v) is 6.14. The summed E-state index contributed by atoms with van der Waals surface area (Å²) in [6.45, 7) is 1.79. The lowest BCUT2D eigenvalue weighted by molar-refractivity contribution is -0.127. The molecule has 1 atom stereocenters. The summed E-state index contributed by atoms with van der Waals surface area (Å²) in [5.41, 5.74) is 0. The van der Waals surface area contributed by atoms with Gasteiger partial charge in [-0.15, -0.1) is 11.8 Å². The van der Waals surface area contributed by atoms with E-state index in [1.807, 2.05) is 22.7 Å². The van der Waals surface area contributed by atoms with Crippen molar-refractivity contribution in [3.8, 4) is 0 Å². The van der Waals surface area contributed by atoms with Gasteiger partial charge in [0.05, 0.1) is 0 Å². The lowest BCUT2D eigenvalue weighted by Crippen LogP contribution is -2.26. The highest BCUT2D eigenvalue weighted by atomic mass is 32.2. The third kappa shape index (κ3) is 3.95. The van der Waals surface area contributed by atoms with Crippen molar-refractivity contribution >= 4 is 30.3 Å². The van der Waals surface area contributed by atoms with Crippen LogP contribution in [0.1, 0.15) is 12.8 Å². The van der Waals surface area contributed by atoms with E-state index in [1.54, 1.807) is 0 Å². The van der Waals surface area contributed by atoms with Crippen LogP contribution in [-0.2, 0) is 4.79 Å². The third-order valence-electron chi connectivity index (χ3n) is 3.14. The number of thioether (sulfide) groups is 1. The van der Waals surface area contributed by atoms with Gasteiger partial charge in [0.1, 0.15) is 0 Å². The molecular weight excluding hydrogens is 262 g/mol. The van der Waals surface area contributed by atoms with E-state index in [1.165, 1.54) is 4.90 Å². The Kier molecular flexibility index (Phi) is 5.45. The maximum atomic E-state index is 11.7. The molecular formula is C14H19NOS2. The molecule has 1 amide bonds. The van der Waals surface area contributed by atoms with Crippen LogP contribution >= 0.6 is 24.4 Å². The van der Waals surface area contributed by atoms with Crippen molar-refractivity contribution in [3.63, 3.8) is 0 Å². The fourth-order valence-corrected chi connectivity index (χ4v) is 3.26. The molecule has 0 aliphatic carbocycles. The summed E-state index contributed by atoms with van der Waals surface area (Å²) < 4.78 is 0. The number of carbonyl (C=O) groups excluding carboxylic acids is 1. The SMILES string of the molecule is O=C1CC(CS)CN1CCCSc1ccccc1. The maximum Gasteiger partial charge on any atom is 0.222 e. The molecule has 0 spiro atoms. The standard InChI is InChI=1S/C14H19NOS2/c16-14-9-12(11-17)10-15(14)7-4-8-18-13-5-2-1-3-6-13/h1-3,5-6,12,17H,4,7-11H2. The highest BCUT2D eigenvalue weighted by molar-refractivity contribution is 7.99. The van der Waals surface area contributed by atoms with Crippen molar-refractivity contribution in [2.45, 2.75) is 17.7 Å². The van der Waals surface area contributed by atoms with E-state index in [-0.39, 0.29) is 0 Å². The van der Waals surface area contributed by atoms with Crippen LogP contribution < -0.4 is 0 Å². The van der Waals surface area contributed by atoms with Gasteiger partial charge in [0, 0.05) is 24.4 Å². The van der Waals surface area contributed by atoms with Gasteiger partial charge < -0.3 is 4.90 Å². The number of likely N-dealkylation sites (tertiary alicyclic amines) is 1. The minimum Gasteiger partial charge on any atom is -0.342 e. The summed E-state index contributed by atoms with van der Waals surface area (Å²) in [6, 6.07) is 10.4. The maximum absolute atomic E-state index is 11.7. The smallest absolute Gasteiger partial charge is 0.222 e. The molecule has 1 saturated heterocycles. The second-order valence-electron chi connectivity index (χ2n) is 4.61. The van der Waals surface area contributed by atoms with Gasteiger partial charge in [0.15, 0.2) is 0 Å². The number of amides is 1. The van der Waals surface area contributed by atoms with E-state index in [4.69, 9.17) is 0 Å². The Balaban J connectivity index is 1.65. The number of carbonyl (C=O) groups is 1.